The van der Waals surface area contributed by atoms with E-state index < -0.39 is 5.41 Å². The fourth-order valence-corrected chi connectivity index (χ4v) is 6.06. The van der Waals surface area contributed by atoms with Crippen molar-refractivity contribution in [1.82, 2.24) is 4.90 Å². The highest BCUT2D eigenvalue weighted by molar-refractivity contribution is 6.36. The van der Waals surface area contributed by atoms with Gasteiger partial charge in [-0.05, 0) is 76.0 Å². The second-order valence-corrected chi connectivity index (χ2v) is 10.3. The number of halogens is 2. The van der Waals surface area contributed by atoms with Gasteiger partial charge in [-0.1, -0.05) is 72.9 Å². The third-order valence-electron chi connectivity index (χ3n) is 7.39. The summed E-state index contributed by atoms with van der Waals surface area (Å²) < 4.78 is 0. The molecule has 4 heteroatoms. The Hall–Kier alpha value is -1.53. The first-order valence-electron chi connectivity index (χ1n) is 12.1. The van der Waals surface area contributed by atoms with Crippen molar-refractivity contribution in [2.24, 2.45) is 5.92 Å². The summed E-state index contributed by atoms with van der Waals surface area (Å²) in [7, 11) is 0. The maximum atomic E-state index is 10.5. The molecule has 0 aromatic heterocycles. The molecule has 172 valence electrons. The smallest absolute Gasteiger partial charge is 0.0879 e. The molecule has 0 radical (unpaired) electrons. The zero-order valence-electron chi connectivity index (χ0n) is 19.7. The van der Waals surface area contributed by atoms with Crippen LogP contribution in [-0.4, -0.2) is 23.5 Å². The molecule has 0 spiro atoms. The van der Waals surface area contributed by atoms with Gasteiger partial charge < -0.3 is 0 Å². The number of hydrogen-bond donors (Lipinski definition) is 0. The molecular weight excluding hydrogens is 435 g/mol. The van der Waals surface area contributed by atoms with Crippen molar-refractivity contribution >= 4 is 23.2 Å². The second kappa shape index (κ2) is 11.6. The van der Waals surface area contributed by atoms with Crippen LogP contribution in [0.5, 0.6) is 0 Å². The number of rotatable bonds is 11. The van der Waals surface area contributed by atoms with Crippen LogP contribution < -0.4 is 0 Å². The van der Waals surface area contributed by atoms with Gasteiger partial charge >= 0.3 is 0 Å². The van der Waals surface area contributed by atoms with Crippen LogP contribution in [0.2, 0.25) is 10.0 Å². The highest BCUT2D eigenvalue weighted by Crippen LogP contribution is 2.51. The van der Waals surface area contributed by atoms with Crippen LogP contribution in [0.3, 0.4) is 0 Å². The van der Waals surface area contributed by atoms with Crippen LogP contribution in [-0.2, 0) is 11.8 Å². The first-order valence-corrected chi connectivity index (χ1v) is 12.8. The lowest BCUT2D eigenvalue weighted by atomic mass is 9.60. The van der Waals surface area contributed by atoms with E-state index in [2.05, 4.69) is 62.1 Å². The van der Waals surface area contributed by atoms with E-state index in [-0.39, 0.29) is 0 Å². The molecule has 2 aromatic carbocycles. The van der Waals surface area contributed by atoms with Crippen molar-refractivity contribution in [3.63, 3.8) is 0 Å². The highest BCUT2D eigenvalue weighted by Gasteiger charge is 2.46. The number of nitriles is 1. The van der Waals surface area contributed by atoms with Gasteiger partial charge in [0.05, 0.1) is 11.5 Å². The van der Waals surface area contributed by atoms with E-state index in [1.54, 1.807) is 0 Å². The molecule has 2 nitrogen and oxygen atoms in total. The quantitative estimate of drug-likeness (QED) is 0.331. The molecule has 1 saturated carbocycles. The molecular formula is C28H36Cl2N2. The lowest BCUT2D eigenvalue weighted by molar-refractivity contribution is 0.122. The third-order valence-corrected chi connectivity index (χ3v) is 8.02. The monoisotopic (exact) mass is 470 g/mol. The van der Waals surface area contributed by atoms with Gasteiger partial charge in [-0.15, -0.1) is 0 Å². The van der Waals surface area contributed by atoms with Gasteiger partial charge in [0.1, 0.15) is 0 Å². The van der Waals surface area contributed by atoms with E-state index in [9.17, 15) is 5.26 Å². The van der Waals surface area contributed by atoms with Crippen molar-refractivity contribution in [1.29, 1.82) is 5.26 Å². The predicted molar refractivity (Wildman–Crippen MR) is 136 cm³/mol. The minimum atomic E-state index is -0.608. The van der Waals surface area contributed by atoms with Crippen molar-refractivity contribution in [3.8, 4) is 6.07 Å². The zero-order valence-corrected chi connectivity index (χ0v) is 21.2. The summed E-state index contributed by atoms with van der Waals surface area (Å²) >= 11 is 13.3. The average molecular weight is 472 g/mol. The lowest BCUT2D eigenvalue weighted by Gasteiger charge is -2.43. The van der Waals surface area contributed by atoms with Crippen LogP contribution in [0.25, 0.3) is 0 Å². The molecule has 3 rings (SSSR count). The van der Waals surface area contributed by atoms with Crippen LogP contribution in [0.4, 0.5) is 0 Å². The van der Waals surface area contributed by atoms with E-state index in [0.29, 0.717) is 28.0 Å². The normalized spacial score (nSPS) is 17.1. The van der Waals surface area contributed by atoms with Gasteiger partial charge in [-0.25, -0.2) is 0 Å². The first-order chi connectivity index (χ1) is 15.4. The Labute approximate surface area is 204 Å². The summed E-state index contributed by atoms with van der Waals surface area (Å²) in [4.78, 5) is 2.62. The Bertz CT molecular complexity index is 881. The highest BCUT2D eigenvalue weighted by atomic mass is 35.5. The predicted octanol–water partition coefficient (Wildman–Crippen LogP) is 8.07. The molecule has 0 heterocycles. The van der Waals surface area contributed by atoms with E-state index in [1.165, 1.54) is 12.0 Å². The molecule has 0 amide bonds. The van der Waals surface area contributed by atoms with Gasteiger partial charge in [-0.2, -0.15) is 5.26 Å². The fraction of sp³-hybridized carbons (Fsp3) is 0.536. The molecule has 1 fully saturated rings. The Kier molecular flexibility index (Phi) is 9.06. The van der Waals surface area contributed by atoms with E-state index in [0.717, 1.165) is 50.6 Å². The molecule has 32 heavy (non-hydrogen) atoms. The maximum Gasteiger partial charge on any atom is 0.0879 e. The minimum absolute atomic E-state index is 0.333. The Morgan fingerprint density at radius 2 is 1.72 bits per heavy atom. The summed E-state index contributed by atoms with van der Waals surface area (Å²) in [6, 6.07) is 19.9. The molecule has 1 aliphatic carbocycles. The molecule has 2 atom stereocenters. The summed E-state index contributed by atoms with van der Waals surface area (Å²) in [5.74, 6) is 0.333. The topological polar surface area (TPSA) is 27.0 Å². The molecule has 2 aromatic rings. The van der Waals surface area contributed by atoms with Crippen molar-refractivity contribution in [2.75, 3.05) is 6.54 Å². The standard InChI is InChI=1S/C28H36Cl2N2/c1-4-24(32(21(2)3)19-17-22-10-6-5-7-11-22)16-18-28(20-31,23-12-8-13-23)27-25(29)14-9-15-26(27)30/h5-7,9-11,14-15,21,23-24H,4,8,12-13,16-19H2,1-3H3. The molecule has 0 N–H and O–H groups in total. The average Bonchev–Trinajstić information content (AvgIpc) is 2.74. The van der Waals surface area contributed by atoms with Crippen LogP contribution >= 0.6 is 23.2 Å². The van der Waals surface area contributed by atoms with Crippen molar-refractivity contribution < 1.29 is 0 Å². The van der Waals surface area contributed by atoms with Crippen molar-refractivity contribution in [3.05, 3.63) is 69.7 Å². The lowest BCUT2D eigenvalue weighted by Crippen LogP contribution is -2.44. The van der Waals surface area contributed by atoms with E-state index >= 15 is 0 Å². The number of benzene rings is 2. The van der Waals surface area contributed by atoms with E-state index in [1.807, 2.05) is 18.2 Å². The summed E-state index contributed by atoms with van der Waals surface area (Å²) in [5.41, 5.74) is 1.62. The van der Waals surface area contributed by atoms with E-state index in [4.69, 9.17) is 23.2 Å². The first kappa shape index (κ1) is 25.1. The molecule has 1 aliphatic rings. The number of nitrogens with zero attached hydrogens (tertiary/aromatic N) is 2. The fourth-order valence-electron chi connectivity index (χ4n) is 5.33. The van der Waals surface area contributed by atoms with Crippen LogP contribution in [0, 0.1) is 17.2 Å². The summed E-state index contributed by atoms with van der Waals surface area (Å²) in [5, 5.41) is 11.8. The summed E-state index contributed by atoms with van der Waals surface area (Å²) in [6.45, 7) is 7.85. The van der Waals surface area contributed by atoms with Gasteiger partial charge in [0.25, 0.3) is 0 Å². The Balaban J connectivity index is 1.82. The van der Waals surface area contributed by atoms with Crippen molar-refractivity contribution in [2.45, 2.75) is 83.2 Å². The van der Waals surface area contributed by atoms with Gasteiger partial charge in [0, 0.05) is 34.2 Å². The second-order valence-electron chi connectivity index (χ2n) is 9.48. The SMILES string of the molecule is CCC(CCC(C#N)(c1c(Cl)cccc1Cl)C1CCC1)N(CCc1ccccc1)C(C)C. The molecule has 0 aliphatic heterocycles. The Morgan fingerprint density at radius 3 is 2.22 bits per heavy atom. The zero-order chi connectivity index (χ0) is 23.1. The van der Waals surface area contributed by atoms with Gasteiger partial charge in [0.15, 0.2) is 0 Å². The third kappa shape index (κ3) is 5.51. The maximum absolute atomic E-state index is 10.5. The Morgan fingerprint density at radius 1 is 1.06 bits per heavy atom. The molecule has 0 saturated heterocycles. The minimum Gasteiger partial charge on any atom is -0.298 e. The van der Waals surface area contributed by atoms with Crippen LogP contribution in [0.15, 0.2) is 48.5 Å². The molecule has 2 unspecified atom stereocenters. The summed E-state index contributed by atoms with van der Waals surface area (Å²) in [6.07, 6.45) is 7.21. The van der Waals surface area contributed by atoms with Gasteiger partial charge in [-0.3, -0.25) is 4.90 Å². The number of hydrogen-bond acceptors (Lipinski definition) is 2. The molecule has 0 bridgehead atoms. The van der Waals surface area contributed by atoms with Crippen LogP contribution in [0.1, 0.15) is 70.4 Å². The largest absolute Gasteiger partial charge is 0.298 e. The van der Waals surface area contributed by atoms with Gasteiger partial charge in [0.2, 0.25) is 0 Å².